The minimum absolute atomic E-state index is 0.143. The standard InChI is InChI=1S/C28H28N4O7S2.C2HF3O2/c1-40(36,37)25-6-4-3-5-22(25)19-9-11-21(12-10-19)31-28(35)24(32(17-26(33)34)41(2,38)39)16-18-7-8-20-13-14-30-27(29)23(20)15-18;3-2(4,5)1(6)7/h3-15,24H,16-17H2,1-2H3,(H2,29,30)(H,31,35)(H,33,34);(H,6,7)/t24-;/m0./s1. The fourth-order valence-electron chi connectivity index (χ4n) is 4.49. The Morgan fingerprint density at radius 2 is 1.54 bits per heavy atom. The number of hydrogen-bond donors (Lipinski definition) is 4. The molecule has 0 aliphatic carbocycles. The fraction of sp³-hybridized carbons (Fsp3) is 0.200. The molecule has 1 heterocycles. The molecule has 256 valence electrons. The Hall–Kier alpha value is -5.07. The maximum atomic E-state index is 13.5. The second-order valence-corrected chi connectivity index (χ2v) is 14.2. The third-order valence-corrected chi connectivity index (χ3v) is 9.04. The van der Waals surface area contributed by atoms with Crippen molar-refractivity contribution < 1.29 is 54.6 Å². The molecule has 0 aliphatic rings. The molecule has 0 bridgehead atoms. The van der Waals surface area contributed by atoms with Crippen molar-refractivity contribution >= 4 is 60.0 Å². The summed E-state index contributed by atoms with van der Waals surface area (Å²) in [7, 11) is -7.62. The van der Waals surface area contributed by atoms with Gasteiger partial charge in [-0.3, -0.25) is 9.59 Å². The van der Waals surface area contributed by atoms with Gasteiger partial charge in [-0.15, -0.1) is 0 Å². The van der Waals surface area contributed by atoms with Gasteiger partial charge in [-0.25, -0.2) is 26.6 Å². The molecular formula is C30H29F3N4O9S2. The number of carboxylic acid groups (broad SMARTS) is 2. The molecular weight excluding hydrogens is 681 g/mol. The number of carbonyl (C=O) groups is 3. The van der Waals surface area contributed by atoms with Crippen molar-refractivity contribution in [2.45, 2.75) is 23.5 Å². The minimum atomic E-state index is -5.08. The molecule has 1 amide bonds. The van der Waals surface area contributed by atoms with Crippen LogP contribution in [-0.4, -0.2) is 85.5 Å². The van der Waals surface area contributed by atoms with Gasteiger partial charge in [-0.2, -0.15) is 17.5 Å². The molecule has 18 heteroatoms. The third kappa shape index (κ3) is 9.96. The number of sulfonamides is 1. The third-order valence-electron chi connectivity index (χ3n) is 6.65. The average molecular weight is 711 g/mol. The maximum Gasteiger partial charge on any atom is 0.490 e. The second kappa shape index (κ2) is 14.8. The molecule has 0 unspecified atom stereocenters. The summed E-state index contributed by atoms with van der Waals surface area (Å²) in [4.78, 5) is 38.2. The van der Waals surface area contributed by atoms with Crippen LogP contribution in [0.5, 0.6) is 0 Å². The van der Waals surface area contributed by atoms with Crippen LogP contribution in [0.15, 0.2) is 83.9 Å². The van der Waals surface area contributed by atoms with Crippen molar-refractivity contribution in [3.8, 4) is 11.1 Å². The average Bonchev–Trinajstić information content (AvgIpc) is 2.98. The number of fused-ring (bicyclic) bond motifs is 1. The van der Waals surface area contributed by atoms with Crippen LogP contribution in [0, 0.1) is 0 Å². The molecule has 3 aromatic carbocycles. The van der Waals surface area contributed by atoms with E-state index in [1.54, 1.807) is 72.9 Å². The van der Waals surface area contributed by atoms with E-state index in [4.69, 9.17) is 15.6 Å². The number of aromatic nitrogens is 1. The zero-order valence-corrected chi connectivity index (χ0v) is 26.8. The summed E-state index contributed by atoms with van der Waals surface area (Å²) in [5.41, 5.74) is 7.92. The fourth-order valence-corrected chi connectivity index (χ4v) is 6.38. The van der Waals surface area contributed by atoms with Crippen molar-refractivity contribution in [3.63, 3.8) is 0 Å². The first-order valence-corrected chi connectivity index (χ1v) is 17.2. The summed E-state index contributed by atoms with van der Waals surface area (Å²) in [6, 6.07) is 18.3. The van der Waals surface area contributed by atoms with E-state index >= 15 is 0 Å². The number of halogens is 3. The number of anilines is 2. The van der Waals surface area contributed by atoms with Gasteiger partial charge in [0, 0.05) is 29.1 Å². The normalized spacial score (nSPS) is 12.5. The second-order valence-electron chi connectivity index (χ2n) is 10.3. The van der Waals surface area contributed by atoms with E-state index in [0.29, 0.717) is 32.1 Å². The van der Waals surface area contributed by atoms with Gasteiger partial charge in [0.1, 0.15) is 18.4 Å². The first-order valence-electron chi connectivity index (χ1n) is 13.5. The molecule has 0 fully saturated rings. The molecule has 0 aliphatic heterocycles. The van der Waals surface area contributed by atoms with Gasteiger partial charge in [0.15, 0.2) is 9.84 Å². The summed E-state index contributed by atoms with van der Waals surface area (Å²) in [6.45, 7) is -0.921. The lowest BCUT2D eigenvalue weighted by atomic mass is 10.0. The number of rotatable bonds is 10. The van der Waals surface area contributed by atoms with Gasteiger partial charge >= 0.3 is 18.1 Å². The number of nitrogens with two attached hydrogens (primary N) is 1. The van der Waals surface area contributed by atoms with E-state index < -0.39 is 56.5 Å². The Bertz CT molecular complexity index is 2060. The summed E-state index contributed by atoms with van der Waals surface area (Å²) in [5.74, 6) is -4.67. The predicted molar refractivity (Wildman–Crippen MR) is 170 cm³/mol. The molecule has 0 saturated carbocycles. The molecule has 48 heavy (non-hydrogen) atoms. The Balaban J connectivity index is 0.000000804. The van der Waals surface area contributed by atoms with Gasteiger partial charge < -0.3 is 21.3 Å². The highest BCUT2D eigenvalue weighted by atomic mass is 32.2. The van der Waals surface area contributed by atoms with Gasteiger partial charge in [0.25, 0.3) is 0 Å². The van der Waals surface area contributed by atoms with E-state index in [0.717, 1.165) is 17.9 Å². The number of carbonyl (C=O) groups excluding carboxylic acids is 1. The number of nitrogen functional groups attached to an aromatic ring is 1. The van der Waals surface area contributed by atoms with E-state index in [2.05, 4.69) is 10.3 Å². The van der Waals surface area contributed by atoms with Crippen LogP contribution in [0.1, 0.15) is 5.56 Å². The first kappa shape index (κ1) is 37.4. The molecule has 0 saturated heterocycles. The number of hydrogen-bond acceptors (Lipinski definition) is 9. The van der Waals surface area contributed by atoms with Gasteiger partial charge in [0.05, 0.1) is 11.2 Å². The lowest BCUT2D eigenvalue weighted by Gasteiger charge is -2.28. The predicted octanol–water partition coefficient (Wildman–Crippen LogP) is 3.42. The topological polar surface area (TPSA) is 214 Å². The van der Waals surface area contributed by atoms with E-state index in [1.165, 1.54) is 6.07 Å². The monoisotopic (exact) mass is 710 g/mol. The highest BCUT2D eigenvalue weighted by molar-refractivity contribution is 7.90. The Morgan fingerprint density at radius 1 is 0.938 bits per heavy atom. The number of carboxylic acids is 2. The zero-order valence-electron chi connectivity index (χ0n) is 25.2. The molecule has 0 radical (unpaired) electrons. The van der Waals surface area contributed by atoms with Crippen LogP contribution in [0.25, 0.3) is 21.9 Å². The zero-order chi connectivity index (χ0) is 36.0. The molecule has 13 nitrogen and oxygen atoms in total. The number of amides is 1. The van der Waals surface area contributed by atoms with Crippen molar-refractivity contribution in [2.24, 2.45) is 0 Å². The van der Waals surface area contributed by atoms with Crippen LogP contribution in [0.2, 0.25) is 0 Å². The lowest BCUT2D eigenvalue weighted by Crippen LogP contribution is -2.50. The van der Waals surface area contributed by atoms with Crippen molar-refractivity contribution in [1.29, 1.82) is 0 Å². The highest BCUT2D eigenvalue weighted by Gasteiger charge is 2.38. The van der Waals surface area contributed by atoms with Crippen LogP contribution >= 0.6 is 0 Å². The van der Waals surface area contributed by atoms with Gasteiger partial charge in [-0.05, 0) is 53.3 Å². The van der Waals surface area contributed by atoms with Crippen LogP contribution in [0.3, 0.4) is 0 Å². The summed E-state index contributed by atoms with van der Waals surface area (Å²) >= 11 is 0. The number of nitrogens with one attached hydrogen (secondary N) is 1. The number of pyridine rings is 1. The number of nitrogens with zero attached hydrogens (tertiary/aromatic N) is 2. The minimum Gasteiger partial charge on any atom is -0.480 e. The van der Waals surface area contributed by atoms with E-state index in [-0.39, 0.29) is 17.1 Å². The quantitative estimate of drug-likeness (QED) is 0.187. The Labute approximate surface area is 272 Å². The van der Waals surface area contributed by atoms with Gasteiger partial charge in [0.2, 0.25) is 15.9 Å². The lowest BCUT2D eigenvalue weighted by molar-refractivity contribution is -0.192. The molecule has 4 rings (SSSR count). The number of aliphatic carboxylic acids is 2. The molecule has 1 atom stereocenters. The maximum absolute atomic E-state index is 13.5. The highest BCUT2D eigenvalue weighted by Crippen LogP contribution is 2.29. The molecule has 1 aromatic heterocycles. The van der Waals surface area contributed by atoms with Crippen molar-refractivity contribution in [2.75, 3.05) is 30.1 Å². The van der Waals surface area contributed by atoms with Crippen LogP contribution < -0.4 is 11.1 Å². The van der Waals surface area contributed by atoms with E-state index in [9.17, 15) is 44.7 Å². The molecule has 5 N–H and O–H groups in total. The van der Waals surface area contributed by atoms with E-state index in [1.807, 2.05) is 0 Å². The Morgan fingerprint density at radius 3 is 2.08 bits per heavy atom. The molecule has 0 spiro atoms. The van der Waals surface area contributed by atoms with Crippen LogP contribution in [0.4, 0.5) is 24.7 Å². The van der Waals surface area contributed by atoms with Crippen LogP contribution in [-0.2, 0) is 40.7 Å². The van der Waals surface area contributed by atoms with Crippen molar-refractivity contribution in [1.82, 2.24) is 9.29 Å². The summed E-state index contributed by atoms with van der Waals surface area (Å²) in [5, 5.41) is 20.6. The summed E-state index contributed by atoms with van der Waals surface area (Å²) < 4.78 is 82.1. The van der Waals surface area contributed by atoms with Gasteiger partial charge in [-0.1, -0.05) is 42.5 Å². The number of benzene rings is 3. The largest absolute Gasteiger partial charge is 0.490 e. The number of sulfone groups is 1. The first-order chi connectivity index (χ1) is 22.2. The smallest absolute Gasteiger partial charge is 0.480 e. The molecule has 4 aromatic rings. The van der Waals surface area contributed by atoms with Crippen molar-refractivity contribution in [3.05, 3.63) is 84.6 Å². The summed E-state index contributed by atoms with van der Waals surface area (Å²) in [6.07, 6.45) is -1.72. The number of alkyl halides is 3. The SMILES string of the molecule is CS(=O)(=O)c1ccccc1-c1ccc(NC(=O)[C@H](Cc2ccc3ccnc(N)c3c2)N(CC(=O)O)S(C)(=O)=O)cc1.O=C(O)C(F)(F)F. The Kier molecular flexibility index (Phi) is 11.5.